The van der Waals surface area contributed by atoms with Crippen LogP contribution in [0.15, 0.2) is 24.3 Å². The van der Waals surface area contributed by atoms with Crippen LogP contribution in [0.25, 0.3) is 0 Å². The Morgan fingerprint density at radius 1 is 0.588 bits per heavy atom. The Labute approximate surface area is 310 Å². The molecular formula is C40H75O10P. The summed E-state index contributed by atoms with van der Waals surface area (Å²) in [6.45, 7) is 2.34. The van der Waals surface area contributed by atoms with Crippen molar-refractivity contribution in [3.63, 3.8) is 0 Å². The van der Waals surface area contributed by atoms with Crippen molar-refractivity contribution in [1.29, 1.82) is 0 Å². The van der Waals surface area contributed by atoms with Crippen molar-refractivity contribution in [2.24, 2.45) is 0 Å². The first-order valence-electron chi connectivity index (χ1n) is 20.3. The second kappa shape index (κ2) is 36.8. The standard InChI is InChI=1S/C40H75O10P/c1-3-5-7-9-11-13-15-17-18-20-22-24-26-28-30-32-40(44)50-38(36-49-51(45,46)48-34-37(42)33-41)35-47-39(43)31-29-27-25-23-21-19-16-14-12-10-8-6-4-2/h11,13,17-18,37-38,41-42H,3-10,12,14-16,19-36H2,1-2H3,(H,45,46)/b13-11+,18-17+/t37-,38+/m0/s1. The van der Waals surface area contributed by atoms with Gasteiger partial charge in [-0.25, -0.2) is 4.57 Å². The fraction of sp³-hybridized carbons (Fsp3) is 0.850. The number of hydrogen-bond acceptors (Lipinski definition) is 9. The largest absolute Gasteiger partial charge is 0.472 e. The molecule has 0 heterocycles. The molecule has 51 heavy (non-hydrogen) atoms. The van der Waals surface area contributed by atoms with E-state index in [0.29, 0.717) is 12.8 Å². The molecule has 0 amide bonds. The van der Waals surface area contributed by atoms with Crippen molar-refractivity contribution in [1.82, 2.24) is 0 Å². The van der Waals surface area contributed by atoms with Gasteiger partial charge in [-0.15, -0.1) is 0 Å². The summed E-state index contributed by atoms with van der Waals surface area (Å²) in [7, 11) is -4.61. The minimum absolute atomic E-state index is 0.171. The Hall–Kier alpha value is -1.55. The van der Waals surface area contributed by atoms with E-state index in [2.05, 4.69) is 42.7 Å². The number of hydrogen-bond donors (Lipinski definition) is 3. The van der Waals surface area contributed by atoms with E-state index in [1.807, 2.05) is 0 Å². The summed E-state index contributed by atoms with van der Waals surface area (Å²) in [5.41, 5.74) is 0. The second-order valence-corrected chi connectivity index (χ2v) is 15.1. The Morgan fingerprint density at radius 3 is 1.55 bits per heavy atom. The van der Waals surface area contributed by atoms with Gasteiger partial charge in [-0.05, 0) is 44.9 Å². The van der Waals surface area contributed by atoms with Crippen LogP contribution in [-0.2, 0) is 32.7 Å². The molecule has 0 aliphatic rings. The quantitative estimate of drug-likeness (QED) is 0.0241. The summed E-state index contributed by atoms with van der Waals surface area (Å²) in [4.78, 5) is 34.9. The first-order valence-corrected chi connectivity index (χ1v) is 21.8. The molecule has 1 unspecified atom stereocenters. The summed E-state index contributed by atoms with van der Waals surface area (Å²) in [5, 5.41) is 18.3. The number of rotatable bonds is 38. The average Bonchev–Trinajstić information content (AvgIpc) is 3.12. The molecule has 0 aromatic heterocycles. The zero-order chi connectivity index (χ0) is 37.7. The highest BCUT2D eigenvalue weighted by atomic mass is 31.2. The Morgan fingerprint density at radius 2 is 1.02 bits per heavy atom. The molecule has 0 fully saturated rings. The maximum absolute atomic E-state index is 12.6. The van der Waals surface area contributed by atoms with Gasteiger partial charge in [0.25, 0.3) is 0 Å². The van der Waals surface area contributed by atoms with E-state index in [1.54, 1.807) is 0 Å². The topological polar surface area (TPSA) is 149 Å². The lowest BCUT2D eigenvalue weighted by Crippen LogP contribution is -2.29. The van der Waals surface area contributed by atoms with E-state index < -0.39 is 51.8 Å². The molecule has 0 aromatic carbocycles. The van der Waals surface area contributed by atoms with E-state index in [0.717, 1.165) is 64.2 Å². The highest BCUT2D eigenvalue weighted by molar-refractivity contribution is 7.47. The van der Waals surface area contributed by atoms with Gasteiger partial charge in [-0.2, -0.15) is 0 Å². The fourth-order valence-corrected chi connectivity index (χ4v) is 6.22. The molecule has 0 aliphatic heterocycles. The van der Waals surface area contributed by atoms with Crippen LogP contribution in [0.4, 0.5) is 0 Å². The minimum atomic E-state index is -4.61. The number of phosphoric ester groups is 1. The van der Waals surface area contributed by atoms with Gasteiger partial charge in [0.05, 0.1) is 19.8 Å². The lowest BCUT2D eigenvalue weighted by atomic mass is 10.0. The Kier molecular flexibility index (Phi) is 35.7. The molecule has 0 bridgehead atoms. The van der Waals surface area contributed by atoms with Crippen LogP contribution in [-0.4, -0.2) is 65.7 Å². The van der Waals surface area contributed by atoms with Crippen LogP contribution < -0.4 is 0 Å². The third-order valence-electron chi connectivity index (χ3n) is 8.61. The molecule has 11 heteroatoms. The number of phosphoric acid groups is 1. The molecule has 0 spiro atoms. The van der Waals surface area contributed by atoms with E-state index in [4.69, 9.17) is 19.1 Å². The van der Waals surface area contributed by atoms with Crippen LogP contribution in [0.1, 0.15) is 181 Å². The normalized spacial score (nSPS) is 14.2. The molecule has 0 saturated heterocycles. The number of aliphatic hydroxyl groups is 2. The van der Waals surface area contributed by atoms with Crippen LogP contribution in [0.2, 0.25) is 0 Å². The van der Waals surface area contributed by atoms with E-state index in [-0.39, 0.29) is 19.4 Å². The first kappa shape index (κ1) is 49.5. The van der Waals surface area contributed by atoms with Crippen LogP contribution >= 0.6 is 7.82 Å². The zero-order valence-electron chi connectivity index (χ0n) is 32.3. The van der Waals surface area contributed by atoms with Crippen molar-refractivity contribution in [3.8, 4) is 0 Å². The number of aliphatic hydroxyl groups excluding tert-OH is 2. The number of esters is 2. The summed E-state index contributed by atoms with van der Waals surface area (Å²) >= 11 is 0. The van der Waals surface area contributed by atoms with Crippen molar-refractivity contribution >= 4 is 19.8 Å². The second-order valence-electron chi connectivity index (χ2n) is 13.7. The highest BCUT2D eigenvalue weighted by Crippen LogP contribution is 2.43. The van der Waals surface area contributed by atoms with Crippen LogP contribution in [0.3, 0.4) is 0 Å². The predicted molar refractivity (Wildman–Crippen MR) is 205 cm³/mol. The highest BCUT2D eigenvalue weighted by Gasteiger charge is 2.27. The smallest absolute Gasteiger partial charge is 0.462 e. The van der Waals surface area contributed by atoms with Crippen LogP contribution in [0, 0.1) is 0 Å². The van der Waals surface area contributed by atoms with Crippen molar-refractivity contribution < 1.29 is 47.8 Å². The van der Waals surface area contributed by atoms with Gasteiger partial charge >= 0.3 is 19.8 Å². The molecule has 0 saturated carbocycles. The van der Waals surface area contributed by atoms with Gasteiger partial charge in [-0.3, -0.25) is 18.6 Å². The van der Waals surface area contributed by atoms with E-state index in [1.165, 1.54) is 77.0 Å². The molecule has 300 valence electrons. The maximum Gasteiger partial charge on any atom is 0.472 e. The Balaban J connectivity index is 4.35. The van der Waals surface area contributed by atoms with Gasteiger partial charge in [0.2, 0.25) is 0 Å². The fourth-order valence-electron chi connectivity index (χ4n) is 5.43. The van der Waals surface area contributed by atoms with Crippen LogP contribution in [0.5, 0.6) is 0 Å². The molecule has 0 rings (SSSR count). The lowest BCUT2D eigenvalue weighted by molar-refractivity contribution is -0.161. The summed E-state index contributed by atoms with van der Waals surface area (Å²) in [5.74, 6) is -0.937. The molecule has 3 N–H and O–H groups in total. The van der Waals surface area contributed by atoms with Gasteiger partial charge in [0.15, 0.2) is 6.10 Å². The van der Waals surface area contributed by atoms with E-state index >= 15 is 0 Å². The van der Waals surface area contributed by atoms with E-state index in [9.17, 15) is 24.2 Å². The monoisotopic (exact) mass is 747 g/mol. The number of allylic oxidation sites excluding steroid dienone is 4. The van der Waals surface area contributed by atoms with Crippen molar-refractivity contribution in [2.75, 3.05) is 26.4 Å². The summed E-state index contributed by atoms with van der Waals surface area (Å²) in [6, 6.07) is 0. The van der Waals surface area contributed by atoms with Gasteiger partial charge < -0.3 is 24.6 Å². The maximum atomic E-state index is 12.6. The number of ether oxygens (including phenoxy) is 2. The third kappa shape index (κ3) is 36.6. The summed E-state index contributed by atoms with van der Waals surface area (Å²) in [6.07, 6.45) is 34.2. The lowest BCUT2D eigenvalue weighted by Gasteiger charge is -2.20. The predicted octanol–water partition coefficient (Wildman–Crippen LogP) is 10.2. The van der Waals surface area contributed by atoms with Crippen molar-refractivity contribution in [2.45, 2.75) is 193 Å². The number of unbranched alkanes of at least 4 members (excludes halogenated alkanes) is 20. The SMILES string of the molecule is CCCCC/C=C/C/C=C/CCCCCCCC(=O)O[C@H](COC(=O)CCCCCCCCCCCCCCC)COP(=O)(O)OC[C@@H](O)CO. The number of carbonyl (C=O) groups is 2. The minimum Gasteiger partial charge on any atom is -0.462 e. The average molecular weight is 747 g/mol. The molecule has 0 aromatic rings. The molecule has 0 radical (unpaired) electrons. The number of carbonyl (C=O) groups excluding carboxylic acids is 2. The molecule has 3 atom stereocenters. The Bertz CT molecular complexity index is 910. The third-order valence-corrected chi connectivity index (χ3v) is 9.56. The molecule has 10 nitrogen and oxygen atoms in total. The van der Waals surface area contributed by atoms with Gasteiger partial charge in [0.1, 0.15) is 12.7 Å². The zero-order valence-corrected chi connectivity index (χ0v) is 33.2. The first-order chi connectivity index (χ1) is 24.7. The summed E-state index contributed by atoms with van der Waals surface area (Å²) < 4.78 is 32.6. The molecular weight excluding hydrogens is 671 g/mol. The van der Waals surface area contributed by atoms with Crippen molar-refractivity contribution in [3.05, 3.63) is 24.3 Å². The molecule has 0 aliphatic carbocycles. The van der Waals surface area contributed by atoms with Gasteiger partial charge in [0, 0.05) is 12.8 Å². The van der Waals surface area contributed by atoms with Gasteiger partial charge in [-0.1, -0.05) is 147 Å².